The maximum Gasteiger partial charge on any atom is 0.136 e. The van der Waals surface area contributed by atoms with E-state index in [4.69, 9.17) is 0 Å². The Hall–Kier alpha value is -1.75. The highest BCUT2D eigenvalue weighted by molar-refractivity contribution is 7.90. The number of aromatic nitrogens is 1. The van der Waals surface area contributed by atoms with E-state index < -0.39 is 11.4 Å². The smallest absolute Gasteiger partial charge is 0.136 e. The SMILES string of the molecule is CC(N[S@+]([O-])C(C)(C)C)c1ccc2c(ccn2-c2ccccc2)c1. The van der Waals surface area contributed by atoms with Gasteiger partial charge in [0.15, 0.2) is 0 Å². The lowest BCUT2D eigenvalue weighted by Crippen LogP contribution is -2.40. The van der Waals surface area contributed by atoms with Gasteiger partial charge in [-0.25, -0.2) is 0 Å². The number of nitrogens with one attached hydrogen (secondary N) is 1. The number of hydrogen-bond donors (Lipinski definition) is 1. The number of nitrogens with zero attached hydrogens (tertiary/aromatic N) is 1. The van der Waals surface area contributed by atoms with Crippen molar-refractivity contribution in [3.8, 4) is 5.69 Å². The summed E-state index contributed by atoms with van der Waals surface area (Å²) >= 11 is -1.08. The minimum absolute atomic E-state index is 0.0366. The van der Waals surface area contributed by atoms with Crippen LogP contribution in [0.5, 0.6) is 0 Å². The second-order valence-corrected chi connectivity index (χ2v) is 9.06. The van der Waals surface area contributed by atoms with Gasteiger partial charge >= 0.3 is 0 Å². The van der Waals surface area contributed by atoms with E-state index in [2.05, 4.69) is 58.8 Å². The van der Waals surface area contributed by atoms with Crippen molar-refractivity contribution in [2.45, 2.75) is 38.5 Å². The molecule has 3 aromatic rings. The Morgan fingerprint density at radius 2 is 1.75 bits per heavy atom. The number of para-hydroxylation sites is 1. The highest BCUT2D eigenvalue weighted by Crippen LogP contribution is 2.25. The van der Waals surface area contributed by atoms with Crippen LogP contribution >= 0.6 is 0 Å². The summed E-state index contributed by atoms with van der Waals surface area (Å²) in [5.74, 6) is 0. The molecule has 1 N–H and O–H groups in total. The van der Waals surface area contributed by atoms with Crippen molar-refractivity contribution >= 4 is 22.3 Å². The first-order valence-electron chi connectivity index (χ1n) is 8.21. The maximum atomic E-state index is 12.3. The second kappa shape index (κ2) is 6.63. The molecule has 0 radical (unpaired) electrons. The predicted molar refractivity (Wildman–Crippen MR) is 103 cm³/mol. The number of fused-ring (bicyclic) bond motifs is 1. The van der Waals surface area contributed by atoms with E-state index in [9.17, 15) is 4.55 Å². The normalized spacial score (nSPS) is 14.7. The fourth-order valence-corrected chi connectivity index (χ4v) is 3.46. The first-order valence-corrected chi connectivity index (χ1v) is 9.36. The van der Waals surface area contributed by atoms with Gasteiger partial charge in [-0.2, -0.15) is 0 Å². The molecule has 0 aliphatic carbocycles. The molecule has 3 nitrogen and oxygen atoms in total. The summed E-state index contributed by atoms with van der Waals surface area (Å²) in [6.45, 7) is 7.99. The molecule has 0 spiro atoms. The van der Waals surface area contributed by atoms with E-state index in [0.29, 0.717) is 0 Å². The van der Waals surface area contributed by atoms with E-state index in [1.807, 2.05) is 39.0 Å². The standard InChI is InChI=1S/C20H24N2OS/c1-15(21-24(23)20(2,3)4)16-10-11-19-17(14-16)12-13-22(19)18-8-6-5-7-9-18/h5-15,21H,1-4H3/t15?,24-/m1/s1. The fraction of sp³-hybridized carbons (Fsp3) is 0.300. The van der Waals surface area contributed by atoms with Gasteiger partial charge in [0, 0.05) is 28.6 Å². The second-order valence-electron chi connectivity index (χ2n) is 7.06. The van der Waals surface area contributed by atoms with Gasteiger partial charge < -0.3 is 9.12 Å². The molecular weight excluding hydrogens is 316 g/mol. The summed E-state index contributed by atoms with van der Waals surface area (Å²) in [6.07, 6.45) is 2.09. The van der Waals surface area contributed by atoms with Gasteiger partial charge in [-0.3, -0.25) is 0 Å². The Morgan fingerprint density at radius 1 is 1.04 bits per heavy atom. The Balaban J connectivity index is 1.88. The molecule has 2 aromatic carbocycles. The third kappa shape index (κ3) is 3.51. The van der Waals surface area contributed by atoms with Crippen molar-refractivity contribution in [2.24, 2.45) is 0 Å². The molecule has 3 rings (SSSR count). The van der Waals surface area contributed by atoms with Crippen LogP contribution in [0.15, 0.2) is 60.8 Å². The number of rotatable bonds is 4. The summed E-state index contributed by atoms with van der Waals surface area (Å²) in [4.78, 5) is 0. The van der Waals surface area contributed by atoms with Gasteiger partial charge in [0.1, 0.15) is 4.75 Å². The fourth-order valence-electron chi connectivity index (χ4n) is 2.65. The van der Waals surface area contributed by atoms with Crippen LogP contribution in [0.3, 0.4) is 0 Å². The van der Waals surface area contributed by atoms with Crippen LogP contribution in [0.25, 0.3) is 16.6 Å². The monoisotopic (exact) mass is 340 g/mol. The molecule has 0 fully saturated rings. The molecule has 126 valence electrons. The molecule has 4 heteroatoms. The van der Waals surface area contributed by atoms with Gasteiger partial charge in [0.25, 0.3) is 0 Å². The Kier molecular flexibility index (Phi) is 4.72. The summed E-state index contributed by atoms with van der Waals surface area (Å²) in [7, 11) is 0. The van der Waals surface area contributed by atoms with Gasteiger partial charge in [-0.15, -0.1) is 4.72 Å². The van der Waals surface area contributed by atoms with E-state index in [1.54, 1.807) is 0 Å². The molecule has 0 bridgehead atoms. The van der Waals surface area contributed by atoms with Gasteiger partial charge in [0.05, 0.1) is 11.6 Å². The lowest BCUT2D eigenvalue weighted by atomic mass is 10.1. The third-order valence-corrected chi connectivity index (χ3v) is 5.77. The zero-order valence-corrected chi connectivity index (χ0v) is 15.4. The van der Waals surface area contributed by atoms with Crippen molar-refractivity contribution in [1.82, 2.24) is 9.29 Å². The summed E-state index contributed by atoms with van der Waals surface area (Å²) in [5, 5.41) is 1.19. The summed E-state index contributed by atoms with van der Waals surface area (Å²) in [5.41, 5.74) is 3.47. The topological polar surface area (TPSA) is 40.0 Å². The predicted octanol–water partition coefficient (Wildman–Crippen LogP) is 4.74. The van der Waals surface area contributed by atoms with Crippen LogP contribution in [0.2, 0.25) is 0 Å². The van der Waals surface area contributed by atoms with Crippen molar-refractivity contribution in [1.29, 1.82) is 0 Å². The molecule has 24 heavy (non-hydrogen) atoms. The van der Waals surface area contributed by atoms with E-state index >= 15 is 0 Å². The van der Waals surface area contributed by atoms with Crippen molar-refractivity contribution in [3.05, 3.63) is 66.4 Å². The average molecular weight is 340 g/mol. The van der Waals surface area contributed by atoms with Crippen LogP contribution in [0, 0.1) is 0 Å². The zero-order valence-electron chi connectivity index (χ0n) is 14.6. The first kappa shape index (κ1) is 17.1. The first-order chi connectivity index (χ1) is 11.4. The molecule has 2 atom stereocenters. The van der Waals surface area contributed by atoms with Gasteiger partial charge in [-0.05, 0) is 63.6 Å². The molecule has 0 aliphatic rings. The largest absolute Gasteiger partial charge is 0.598 e. The Bertz CT molecular complexity index is 821. The number of benzene rings is 2. The van der Waals surface area contributed by atoms with Crippen LogP contribution in [-0.2, 0) is 11.4 Å². The lowest BCUT2D eigenvalue weighted by molar-refractivity contribution is 0.531. The minimum atomic E-state index is -1.08. The van der Waals surface area contributed by atoms with Crippen molar-refractivity contribution < 1.29 is 4.55 Å². The zero-order chi connectivity index (χ0) is 17.3. The lowest BCUT2D eigenvalue weighted by Gasteiger charge is -2.26. The van der Waals surface area contributed by atoms with Crippen molar-refractivity contribution in [2.75, 3.05) is 0 Å². The van der Waals surface area contributed by atoms with E-state index in [1.165, 1.54) is 10.9 Å². The molecule has 0 saturated heterocycles. The van der Waals surface area contributed by atoms with Crippen LogP contribution in [-0.4, -0.2) is 13.9 Å². The van der Waals surface area contributed by atoms with Crippen LogP contribution < -0.4 is 4.72 Å². The molecule has 0 saturated carbocycles. The quantitative estimate of drug-likeness (QED) is 0.697. The van der Waals surface area contributed by atoms with Crippen LogP contribution in [0.1, 0.15) is 39.3 Å². The number of hydrogen-bond acceptors (Lipinski definition) is 2. The van der Waals surface area contributed by atoms with Gasteiger partial charge in [-0.1, -0.05) is 24.3 Å². The Labute approximate surface area is 147 Å². The maximum absolute atomic E-state index is 12.3. The van der Waals surface area contributed by atoms with E-state index in [0.717, 1.165) is 11.3 Å². The van der Waals surface area contributed by atoms with Crippen molar-refractivity contribution in [3.63, 3.8) is 0 Å². The van der Waals surface area contributed by atoms with Crippen LogP contribution in [0.4, 0.5) is 0 Å². The highest BCUT2D eigenvalue weighted by Gasteiger charge is 2.28. The molecular formula is C20H24N2OS. The molecule has 0 amide bonds. The third-order valence-electron chi connectivity index (χ3n) is 4.09. The minimum Gasteiger partial charge on any atom is -0.598 e. The summed E-state index contributed by atoms with van der Waals surface area (Å²) < 4.78 is 17.4. The van der Waals surface area contributed by atoms with E-state index in [-0.39, 0.29) is 10.8 Å². The molecule has 1 heterocycles. The molecule has 1 unspecified atom stereocenters. The highest BCUT2D eigenvalue weighted by atomic mass is 32.2. The Morgan fingerprint density at radius 3 is 2.42 bits per heavy atom. The molecule has 0 aliphatic heterocycles. The average Bonchev–Trinajstić information content (AvgIpc) is 2.97. The summed E-state index contributed by atoms with van der Waals surface area (Å²) in [6, 6.07) is 18.9. The van der Waals surface area contributed by atoms with Gasteiger partial charge in [0.2, 0.25) is 0 Å². The molecule has 1 aromatic heterocycles.